The monoisotopic (exact) mass is 270 g/mol. The van der Waals surface area contributed by atoms with Crippen molar-refractivity contribution < 1.29 is 14.7 Å². The van der Waals surface area contributed by atoms with Crippen LogP contribution in [0.2, 0.25) is 0 Å². The summed E-state index contributed by atoms with van der Waals surface area (Å²) in [5, 5.41) is 11.9. The Kier molecular flexibility index (Phi) is 5.79. The molecule has 1 aliphatic rings. The lowest BCUT2D eigenvalue weighted by Gasteiger charge is -2.43. The summed E-state index contributed by atoms with van der Waals surface area (Å²) < 4.78 is 0. The smallest absolute Gasteiger partial charge is 0.303 e. The normalized spacial score (nSPS) is 20.4. The summed E-state index contributed by atoms with van der Waals surface area (Å²) in [5.41, 5.74) is 0.0597. The number of hydrogen-bond donors (Lipinski definition) is 2. The average Bonchev–Trinajstić information content (AvgIpc) is 2.33. The second-order valence-corrected chi connectivity index (χ2v) is 6.27. The molecule has 0 aromatic heterocycles. The first-order chi connectivity index (χ1) is 8.82. The van der Waals surface area contributed by atoms with Crippen molar-refractivity contribution in [2.24, 2.45) is 5.41 Å². The molecule has 5 heteroatoms. The largest absolute Gasteiger partial charge is 0.481 e. The van der Waals surface area contributed by atoms with E-state index in [-0.39, 0.29) is 23.8 Å². The van der Waals surface area contributed by atoms with Crippen LogP contribution in [0.25, 0.3) is 0 Å². The molecule has 1 aliphatic heterocycles. The number of nitrogens with zero attached hydrogens (tertiary/aromatic N) is 1. The summed E-state index contributed by atoms with van der Waals surface area (Å²) in [4.78, 5) is 24.6. The van der Waals surface area contributed by atoms with Gasteiger partial charge in [-0.1, -0.05) is 20.8 Å². The third-order valence-corrected chi connectivity index (χ3v) is 3.59. The fourth-order valence-electron chi connectivity index (χ4n) is 2.47. The van der Waals surface area contributed by atoms with Gasteiger partial charge in [0.1, 0.15) is 0 Å². The maximum absolute atomic E-state index is 12.3. The molecule has 1 atom stereocenters. The quantitative estimate of drug-likeness (QED) is 0.742. The van der Waals surface area contributed by atoms with Crippen LogP contribution < -0.4 is 5.32 Å². The van der Waals surface area contributed by atoms with Gasteiger partial charge in [0.05, 0.1) is 0 Å². The van der Waals surface area contributed by atoms with Gasteiger partial charge in [0.2, 0.25) is 5.91 Å². The number of rotatable bonds is 5. The summed E-state index contributed by atoms with van der Waals surface area (Å²) in [6, 6.07) is 0.216. The summed E-state index contributed by atoms with van der Waals surface area (Å²) >= 11 is 0. The Morgan fingerprint density at radius 3 is 2.47 bits per heavy atom. The number of nitrogens with one attached hydrogen (secondary N) is 1. The van der Waals surface area contributed by atoms with E-state index in [4.69, 9.17) is 5.11 Å². The van der Waals surface area contributed by atoms with Gasteiger partial charge in [0.25, 0.3) is 0 Å². The number of carboxylic acid groups (broad SMARTS) is 1. The van der Waals surface area contributed by atoms with Crippen molar-refractivity contribution in [2.75, 3.05) is 19.6 Å². The van der Waals surface area contributed by atoms with E-state index in [9.17, 15) is 9.59 Å². The van der Waals surface area contributed by atoms with Gasteiger partial charge in [0, 0.05) is 38.5 Å². The summed E-state index contributed by atoms with van der Waals surface area (Å²) in [7, 11) is 0. The molecule has 0 saturated carbocycles. The first kappa shape index (κ1) is 16.0. The third-order valence-electron chi connectivity index (χ3n) is 3.59. The maximum Gasteiger partial charge on any atom is 0.303 e. The molecule has 0 aromatic rings. The van der Waals surface area contributed by atoms with Gasteiger partial charge < -0.3 is 15.3 Å². The van der Waals surface area contributed by atoms with Gasteiger partial charge in [-0.25, -0.2) is 0 Å². The van der Waals surface area contributed by atoms with Crippen LogP contribution in [0, 0.1) is 5.41 Å². The molecule has 2 N–H and O–H groups in total. The van der Waals surface area contributed by atoms with Crippen LogP contribution in [-0.4, -0.2) is 47.6 Å². The van der Waals surface area contributed by atoms with Gasteiger partial charge in [-0.15, -0.1) is 0 Å². The Labute approximate surface area is 115 Å². The minimum absolute atomic E-state index is 0.0597. The van der Waals surface area contributed by atoms with Crippen LogP contribution in [0.4, 0.5) is 0 Å². The van der Waals surface area contributed by atoms with Crippen LogP contribution in [-0.2, 0) is 9.59 Å². The van der Waals surface area contributed by atoms with Crippen molar-refractivity contribution in [3.8, 4) is 0 Å². The first-order valence-corrected chi connectivity index (χ1v) is 7.04. The fraction of sp³-hybridized carbons (Fsp3) is 0.857. The minimum atomic E-state index is -0.790. The number of unbranched alkanes of at least 4 members (excludes halogenated alkanes) is 1. The SMILES string of the molecule is CC(C)(C)C1CNCCN1C(=O)CCCCC(=O)O. The van der Waals surface area contributed by atoms with Gasteiger partial charge in [-0.3, -0.25) is 9.59 Å². The van der Waals surface area contributed by atoms with Gasteiger partial charge in [-0.05, 0) is 18.3 Å². The molecule has 1 saturated heterocycles. The Balaban J connectivity index is 2.46. The number of amides is 1. The van der Waals surface area contributed by atoms with Crippen LogP contribution >= 0.6 is 0 Å². The van der Waals surface area contributed by atoms with Gasteiger partial charge in [-0.2, -0.15) is 0 Å². The molecule has 1 unspecified atom stereocenters. The predicted octanol–water partition coefficient (Wildman–Crippen LogP) is 1.48. The van der Waals surface area contributed by atoms with Crippen molar-refractivity contribution in [1.82, 2.24) is 10.2 Å². The number of carbonyl (C=O) groups is 2. The standard InChI is InChI=1S/C14H26N2O3/c1-14(2,3)11-10-15-8-9-16(11)12(17)6-4-5-7-13(18)19/h11,15H,4-10H2,1-3H3,(H,18,19). The van der Waals surface area contributed by atoms with Crippen molar-refractivity contribution in [3.05, 3.63) is 0 Å². The van der Waals surface area contributed by atoms with Crippen molar-refractivity contribution in [3.63, 3.8) is 0 Å². The molecular weight excluding hydrogens is 244 g/mol. The van der Waals surface area contributed by atoms with Crippen LogP contribution in [0.5, 0.6) is 0 Å². The highest BCUT2D eigenvalue weighted by atomic mass is 16.4. The Bertz CT molecular complexity index is 323. The van der Waals surface area contributed by atoms with Crippen molar-refractivity contribution >= 4 is 11.9 Å². The highest BCUT2D eigenvalue weighted by molar-refractivity contribution is 5.77. The molecule has 1 heterocycles. The molecule has 0 spiro atoms. The van der Waals surface area contributed by atoms with E-state index in [1.807, 2.05) is 4.90 Å². The van der Waals surface area contributed by atoms with E-state index >= 15 is 0 Å². The van der Waals surface area contributed by atoms with E-state index in [1.54, 1.807) is 0 Å². The summed E-state index contributed by atoms with van der Waals surface area (Å²) in [5.74, 6) is -0.631. The number of piperazine rings is 1. The van der Waals surface area contributed by atoms with E-state index in [0.717, 1.165) is 19.6 Å². The fourth-order valence-corrected chi connectivity index (χ4v) is 2.47. The molecule has 5 nitrogen and oxygen atoms in total. The molecule has 0 aliphatic carbocycles. The lowest BCUT2D eigenvalue weighted by atomic mass is 9.84. The highest BCUT2D eigenvalue weighted by Gasteiger charge is 2.34. The Morgan fingerprint density at radius 2 is 1.89 bits per heavy atom. The molecule has 0 bridgehead atoms. The molecular formula is C14H26N2O3. The van der Waals surface area contributed by atoms with E-state index in [2.05, 4.69) is 26.1 Å². The summed E-state index contributed by atoms with van der Waals surface area (Å²) in [6.45, 7) is 8.87. The molecule has 1 rings (SSSR count). The van der Waals surface area contributed by atoms with Crippen LogP contribution in [0.3, 0.4) is 0 Å². The van der Waals surface area contributed by atoms with Crippen LogP contribution in [0.15, 0.2) is 0 Å². The van der Waals surface area contributed by atoms with Gasteiger partial charge in [0.15, 0.2) is 0 Å². The van der Waals surface area contributed by atoms with Gasteiger partial charge >= 0.3 is 5.97 Å². The second-order valence-electron chi connectivity index (χ2n) is 6.27. The molecule has 1 amide bonds. The molecule has 110 valence electrons. The zero-order chi connectivity index (χ0) is 14.5. The zero-order valence-corrected chi connectivity index (χ0v) is 12.2. The molecule has 0 aromatic carbocycles. The van der Waals surface area contributed by atoms with Crippen molar-refractivity contribution in [1.29, 1.82) is 0 Å². The number of hydrogen-bond acceptors (Lipinski definition) is 3. The topological polar surface area (TPSA) is 69.6 Å². The lowest BCUT2D eigenvalue weighted by molar-refractivity contribution is -0.139. The Morgan fingerprint density at radius 1 is 1.26 bits per heavy atom. The lowest BCUT2D eigenvalue weighted by Crippen LogP contribution is -2.58. The minimum Gasteiger partial charge on any atom is -0.481 e. The zero-order valence-electron chi connectivity index (χ0n) is 12.2. The average molecular weight is 270 g/mol. The molecule has 1 fully saturated rings. The third kappa shape index (κ3) is 5.19. The van der Waals surface area contributed by atoms with E-state index in [0.29, 0.717) is 19.3 Å². The number of carbonyl (C=O) groups excluding carboxylic acids is 1. The molecule has 19 heavy (non-hydrogen) atoms. The number of aliphatic carboxylic acids is 1. The highest BCUT2D eigenvalue weighted by Crippen LogP contribution is 2.26. The van der Waals surface area contributed by atoms with E-state index in [1.165, 1.54) is 0 Å². The summed E-state index contributed by atoms with van der Waals surface area (Å²) in [6.07, 6.45) is 1.84. The maximum atomic E-state index is 12.3. The number of carboxylic acids is 1. The van der Waals surface area contributed by atoms with Crippen molar-refractivity contribution in [2.45, 2.75) is 52.5 Å². The van der Waals surface area contributed by atoms with Crippen LogP contribution in [0.1, 0.15) is 46.5 Å². The van der Waals surface area contributed by atoms with E-state index < -0.39 is 5.97 Å². The molecule has 0 radical (unpaired) electrons. The first-order valence-electron chi connectivity index (χ1n) is 7.04. The second kappa shape index (κ2) is 6.89. The predicted molar refractivity (Wildman–Crippen MR) is 73.9 cm³/mol. The Hall–Kier alpha value is -1.10.